The molecule has 0 aromatic rings. The molecular weight excluding hydrogens is 220 g/mol. The van der Waals surface area contributed by atoms with E-state index in [-0.39, 0.29) is 5.91 Å². The van der Waals surface area contributed by atoms with Gasteiger partial charge in [-0.15, -0.1) is 0 Å². The lowest BCUT2D eigenvalue weighted by Crippen LogP contribution is -2.42. The third-order valence-corrected chi connectivity index (χ3v) is 3.14. The summed E-state index contributed by atoms with van der Waals surface area (Å²) in [6, 6.07) is -0.728. The molecule has 1 heterocycles. The first kappa shape index (κ1) is 14.0. The Morgan fingerprint density at radius 2 is 2.06 bits per heavy atom. The number of carboxylic acid groups (broad SMARTS) is 1. The molecule has 0 bridgehead atoms. The van der Waals surface area contributed by atoms with Crippen LogP contribution in [0.4, 0.5) is 0 Å². The molecule has 0 aromatic heterocycles. The highest BCUT2D eigenvalue weighted by atomic mass is 16.4. The van der Waals surface area contributed by atoms with E-state index in [1.54, 1.807) is 0 Å². The Hall–Kier alpha value is -1.10. The molecule has 0 saturated carbocycles. The van der Waals surface area contributed by atoms with E-state index in [0.717, 1.165) is 32.4 Å². The first-order valence-electron chi connectivity index (χ1n) is 6.36. The molecule has 1 amide bonds. The molecule has 1 rings (SSSR count). The summed E-state index contributed by atoms with van der Waals surface area (Å²) in [5, 5.41) is 14.8. The normalized spacial score (nSPS) is 18.6. The van der Waals surface area contributed by atoms with Gasteiger partial charge in [0.1, 0.15) is 6.04 Å². The van der Waals surface area contributed by atoms with Gasteiger partial charge in [0.2, 0.25) is 5.91 Å². The van der Waals surface area contributed by atoms with Crippen LogP contribution >= 0.6 is 0 Å². The van der Waals surface area contributed by atoms with Crippen LogP contribution in [0.15, 0.2) is 0 Å². The summed E-state index contributed by atoms with van der Waals surface area (Å²) in [7, 11) is 0. The zero-order valence-corrected chi connectivity index (χ0v) is 10.4. The fraction of sp³-hybridized carbons (Fsp3) is 0.833. The predicted octanol–water partition coefficient (Wildman–Crippen LogP) is 0.746. The zero-order chi connectivity index (χ0) is 12.7. The van der Waals surface area contributed by atoms with E-state index in [2.05, 4.69) is 10.6 Å². The maximum Gasteiger partial charge on any atom is 0.326 e. The molecule has 0 aliphatic carbocycles. The molecular formula is C12H22N2O3. The number of piperidine rings is 1. The summed E-state index contributed by atoms with van der Waals surface area (Å²) in [6.45, 7) is 3.82. The molecule has 0 radical (unpaired) electrons. The van der Waals surface area contributed by atoms with Gasteiger partial charge >= 0.3 is 5.97 Å². The number of hydrogen-bond acceptors (Lipinski definition) is 3. The lowest BCUT2D eigenvalue weighted by molar-refractivity contribution is -0.142. The molecule has 0 spiro atoms. The van der Waals surface area contributed by atoms with E-state index in [1.165, 1.54) is 0 Å². The SMILES string of the molecule is CCC[C@H](NC(=O)CC1CCNCC1)C(=O)O. The van der Waals surface area contributed by atoms with Crippen LogP contribution in [0.1, 0.15) is 39.0 Å². The molecule has 5 heteroatoms. The van der Waals surface area contributed by atoms with Crippen molar-refractivity contribution in [1.29, 1.82) is 0 Å². The molecule has 1 fully saturated rings. The minimum atomic E-state index is -0.939. The van der Waals surface area contributed by atoms with Crippen LogP contribution in [0.2, 0.25) is 0 Å². The molecule has 0 unspecified atom stereocenters. The van der Waals surface area contributed by atoms with Crippen LogP contribution in [0, 0.1) is 5.92 Å². The number of carboxylic acids is 1. The summed E-state index contributed by atoms with van der Waals surface area (Å²) in [6.07, 6.45) is 3.70. The van der Waals surface area contributed by atoms with Gasteiger partial charge in [0.05, 0.1) is 0 Å². The fourth-order valence-corrected chi connectivity index (χ4v) is 2.15. The molecule has 5 nitrogen and oxygen atoms in total. The number of aliphatic carboxylic acids is 1. The zero-order valence-electron chi connectivity index (χ0n) is 10.4. The first-order valence-corrected chi connectivity index (χ1v) is 6.36. The van der Waals surface area contributed by atoms with Gasteiger partial charge in [-0.3, -0.25) is 4.79 Å². The van der Waals surface area contributed by atoms with E-state index in [4.69, 9.17) is 5.11 Å². The van der Waals surface area contributed by atoms with Crippen LogP contribution in [0.5, 0.6) is 0 Å². The first-order chi connectivity index (χ1) is 8.13. The second-order valence-electron chi connectivity index (χ2n) is 4.64. The van der Waals surface area contributed by atoms with E-state index in [9.17, 15) is 9.59 Å². The quantitative estimate of drug-likeness (QED) is 0.642. The second kappa shape index (κ2) is 7.27. The highest BCUT2D eigenvalue weighted by molar-refractivity contribution is 5.83. The molecule has 1 aliphatic heterocycles. The maximum atomic E-state index is 11.7. The van der Waals surface area contributed by atoms with Crippen molar-refractivity contribution in [2.45, 2.75) is 45.1 Å². The summed E-state index contributed by atoms with van der Waals surface area (Å²) in [5.74, 6) is -0.671. The molecule has 17 heavy (non-hydrogen) atoms. The van der Waals surface area contributed by atoms with Crippen LogP contribution in [-0.4, -0.2) is 36.1 Å². The number of rotatable bonds is 6. The number of amides is 1. The molecule has 1 aliphatic rings. The number of carbonyl (C=O) groups excluding carboxylic acids is 1. The highest BCUT2D eigenvalue weighted by Crippen LogP contribution is 2.15. The smallest absolute Gasteiger partial charge is 0.326 e. The van der Waals surface area contributed by atoms with Gasteiger partial charge in [-0.1, -0.05) is 13.3 Å². The van der Waals surface area contributed by atoms with Crippen molar-refractivity contribution in [3.05, 3.63) is 0 Å². The minimum absolute atomic E-state index is 0.127. The van der Waals surface area contributed by atoms with E-state index < -0.39 is 12.0 Å². The van der Waals surface area contributed by atoms with Gasteiger partial charge in [0, 0.05) is 6.42 Å². The predicted molar refractivity (Wildman–Crippen MR) is 64.7 cm³/mol. The topological polar surface area (TPSA) is 78.4 Å². The fourth-order valence-electron chi connectivity index (χ4n) is 2.15. The monoisotopic (exact) mass is 242 g/mol. The largest absolute Gasteiger partial charge is 0.480 e. The molecule has 3 N–H and O–H groups in total. The van der Waals surface area contributed by atoms with Crippen LogP contribution < -0.4 is 10.6 Å². The Labute approximate surface area is 102 Å². The average Bonchev–Trinajstić information content (AvgIpc) is 2.29. The van der Waals surface area contributed by atoms with Gasteiger partial charge in [-0.05, 0) is 38.3 Å². The highest BCUT2D eigenvalue weighted by Gasteiger charge is 2.21. The van der Waals surface area contributed by atoms with Crippen LogP contribution in [-0.2, 0) is 9.59 Å². The lowest BCUT2D eigenvalue weighted by atomic mass is 9.94. The minimum Gasteiger partial charge on any atom is -0.480 e. The van der Waals surface area contributed by atoms with Crippen molar-refractivity contribution >= 4 is 11.9 Å². The van der Waals surface area contributed by atoms with Crippen molar-refractivity contribution in [2.75, 3.05) is 13.1 Å². The van der Waals surface area contributed by atoms with E-state index in [1.807, 2.05) is 6.92 Å². The number of carbonyl (C=O) groups is 2. The third-order valence-electron chi connectivity index (χ3n) is 3.14. The van der Waals surface area contributed by atoms with Crippen molar-refractivity contribution in [2.24, 2.45) is 5.92 Å². The summed E-state index contributed by atoms with van der Waals surface area (Å²) < 4.78 is 0. The van der Waals surface area contributed by atoms with Crippen molar-refractivity contribution in [1.82, 2.24) is 10.6 Å². The molecule has 98 valence electrons. The average molecular weight is 242 g/mol. The summed E-state index contributed by atoms with van der Waals surface area (Å²) in [4.78, 5) is 22.6. The van der Waals surface area contributed by atoms with Crippen molar-refractivity contribution in [3.63, 3.8) is 0 Å². The van der Waals surface area contributed by atoms with Crippen molar-refractivity contribution < 1.29 is 14.7 Å². The standard InChI is InChI=1S/C12H22N2O3/c1-2-3-10(12(16)17)14-11(15)8-9-4-6-13-7-5-9/h9-10,13H,2-8H2,1H3,(H,14,15)(H,16,17)/t10-/m0/s1. The van der Waals surface area contributed by atoms with Gasteiger partial charge in [-0.25, -0.2) is 4.79 Å². The van der Waals surface area contributed by atoms with Crippen LogP contribution in [0.25, 0.3) is 0 Å². The maximum absolute atomic E-state index is 11.7. The Bertz CT molecular complexity index is 262. The van der Waals surface area contributed by atoms with Gasteiger partial charge in [0.15, 0.2) is 0 Å². The number of nitrogens with one attached hydrogen (secondary N) is 2. The molecule has 0 aromatic carbocycles. The number of hydrogen-bond donors (Lipinski definition) is 3. The van der Waals surface area contributed by atoms with Crippen LogP contribution in [0.3, 0.4) is 0 Å². The van der Waals surface area contributed by atoms with E-state index >= 15 is 0 Å². The van der Waals surface area contributed by atoms with Gasteiger partial charge in [0.25, 0.3) is 0 Å². The van der Waals surface area contributed by atoms with Gasteiger partial charge in [-0.2, -0.15) is 0 Å². The Morgan fingerprint density at radius 3 is 2.59 bits per heavy atom. The van der Waals surface area contributed by atoms with Crippen molar-refractivity contribution in [3.8, 4) is 0 Å². The Kier molecular flexibility index (Phi) is 5.97. The molecule has 1 saturated heterocycles. The molecule has 1 atom stereocenters. The van der Waals surface area contributed by atoms with Gasteiger partial charge < -0.3 is 15.7 Å². The lowest BCUT2D eigenvalue weighted by Gasteiger charge is -2.22. The summed E-state index contributed by atoms with van der Waals surface area (Å²) in [5.41, 5.74) is 0. The Morgan fingerprint density at radius 1 is 1.41 bits per heavy atom. The second-order valence-corrected chi connectivity index (χ2v) is 4.64. The summed E-state index contributed by atoms with van der Waals surface area (Å²) >= 11 is 0. The van der Waals surface area contributed by atoms with E-state index in [0.29, 0.717) is 18.8 Å². The third kappa shape index (κ3) is 5.17. The Balaban J connectivity index is 2.33.